The van der Waals surface area contributed by atoms with E-state index >= 15 is 0 Å². The van der Waals surface area contributed by atoms with Gasteiger partial charge in [-0.2, -0.15) is 11.8 Å². The summed E-state index contributed by atoms with van der Waals surface area (Å²) in [5, 5.41) is 2.91. The number of hydrogen-bond acceptors (Lipinski definition) is 6. The number of rotatable bonds is 17. The van der Waals surface area contributed by atoms with Crippen LogP contribution in [0.5, 0.6) is 0 Å². The zero-order chi connectivity index (χ0) is 26.4. The smallest absolute Gasteiger partial charge is 0.262 e. The summed E-state index contributed by atoms with van der Waals surface area (Å²) in [6.07, 6.45) is 9.19. The maximum Gasteiger partial charge on any atom is 0.262 e. The van der Waals surface area contributed by atoms with Gasteiger partial charge in [-0.15, -0.1) is 0 Å². The van der Waals surface area contributed by atoms with Crippen LogP contribution in [0.15, 0.2) is 41.3 Å². The van der Waals surface area contributed by atoms with Crippen LogP contribution in [-0.4, -0.2) is 32.2 Å². The molecule has 198 valence electrons. The van der Waals surface area contributed by atoms with Crippen LogP contribution in [0, 0.1) is 13.8 Å². The van der Waals surface area contributed by atoms with E-state index in [1.54, 1.807) is 55.1 Å². The van der Waals surface area contributed by atoms with E-state index in [1.807, 2.05) is 6.92 Å². The number of hydrogen-bond donors (Lipinski definition) is 4. The Morgan fingerprint density at radius 1 is 0.917 bits per heavy atom. The van der Waals surface area contributed by atoms with E-state index in [0.717, 1.165) is 17.7 Å². The topological polar surface area (TPSA) is 116 Å². The average molecular weight is 535 g/mol. The summed E-state index contributed by atoms with van der Waals surface area (Å²) in [5.41, 5.74) is 7.76. The van der Waals surface area contributed by atoms with Gasteiger partial charge in [-0.3, -0.25) is 25.2 Å². The fourth-order valence-electron chi connectivity index (χ4n) is 3.76. The first-order valence-electron chi connectivity index (χ1n) is 12.3. The van der Waals surface area contributed by atoms with Crippen LogP contribution in [0.4, 0.5) is 17.1 Å². The second-order valence-corrected chi connectivity index (χ2v) is 11.4. The molecule has 0 saturated heterocycles. The Kier molecular flexibility index (Phi) is 12.6. The average Bonchev–Trinajstić information content (AvgIpc) is 2.84. The molecule has 0 spiro atoms. The van der Waals surface area contributed by atoms with Gasteiger partial charge in [0.15, 0.2) is 0 Å². The van der Waals surface area contributed by atoms with Crippen molar-refractivity contribution in [3.63, 3.8) is 0 Å². The summed E-state index contributed by atoms with van der Waals surface area (Å²) in [6.45, 7) is 5.76. The lowest BCUT2D eigenvalue weighted by molar-refractivity contribution is -0.114. The minimum absolute atomic E-state index is 0.101. The van der Waals surface area contributed by atoms with Gasteiger partial charge in [0, 0.05) is 11.4 Å². The SMILES string of the molecule is CCCCCCCCCSCC(=O)Nc1c(C)ccc(S(=O)(=O)Nc2ccc(NNC=O)cc2)c1C. The van der Waals surface area contributed by atoms with E-state index in [-0.39, 0.29) is 10.8 Å². The highest BCUT2D eigenvalue weighted by atomic mass is 32.2. The lowest BCUT2D eigenvalue weighted by Gasteiger charge is -2.17. The van der Waals surface area contributed by atoms with Crippen LogP contribution in [0.25, 0.3) is 0 Å². The molecule has 36 heavy (non-hydrogen) atoms. The first-order valence-corrected chi connectivity index (χ1v) is 15.0. The third kappa shape index (κ3) is 9.73. The molecule has 10 heteroatoms. The lowest BCUT2D eigenvalue weighted by atomic mass is 10.1. The van der Waals surface area contributed by atoms with E-state index in [0.29, 0.717) is 34.8 Å². The Balaban J connectivity index is 1.93. The van der Waals surface area contributed by atoms with E-state index in [2.05, 4.69) is 27.8 Å². The van der Waals surface area contributed by atoms with Gasteiger partial charge in [0.2, 0.25) is 12.3 Å². The summed E-state index contributed by atoms with van der Waals surface area (Å²) < 4.78 is 28.7. The quantitative estimate of drug-likeness (QED) is 0.119. The van der Waals surface area contributed by atoms with Gasteiger partial charge in [0.05, 0.1) is 16.3 Å². The molecule has 0 fully saturated rings. The van der Waals surface area contributed by atoms with Crippen molar-refractivity contribution in [2.24, 2.45) is 0 Å². The molecule has 0 bridgehead atoms. The summed E-state index contributed by atoms with van der Waals surface area (Å²) in [6, 6.07) is 9.67. The van der Waals surface area contributed by atoms with Gasteiger partial charge in [0.1, 0.15) is 0 Å². The van der Waals surface area contributed by atoms with E-state index in [9.17, 15) is 18.0 Å². The van der Waals surface area contributed by atoms with Crippen molar-refractivity contribution in [3.05, 3.63) is 47.5 Å². The van der Waals surface area contributed by atoms with Crippen molar-refractivity contribution in [1.29, 1.82) is 0 Å². The second kappa shape index (κ2) is 15.4. The molecule has 0 unspecified atom stereocenters. The van der Waals surface area contributed by atoms with Gasteiger partial charge in [-0.1, -0.05) is 51.5 Å². The molecular weight excluding hydrogens is 496 g/mol. The fourth-order valence-corrected chi connectivity index (χ4v) is 5.88. The molecule has 0 saturated carbocycles. The molecule has 2 aromatic rings. The first kappa shape index (κ1) is 29.5. The molecule has 0 radical (unpaired) electrons. The van der Waals surface area contributed by atoms with Crippen molar-refractivity contribution >= 4 is 51.2 Å². The molecule has 0 heterocycles. The number of sulfonamides is 1. The Hall–Kier alpha value is -2.72. The summed E-state index contributed by atoms with van der Waals surface area (Å²) in [4.78, 5) is 23.0. The first-order chi connectivity index (χ1) is 17.3. The van der Waals surface area contributed by atoms with Crippen molar-refractivity contribution < 1.29 is 18.0 Å². The summed E-state index contributed by atoms with van der Waals surface area (Å²) in [7, 11) is -3.88. The fraction of sp³-hybridized carbons (Fsp3) is 0.462. The molecule has 0 aliphatic rings. The maximum absolute atomic E-state index is 13.1. The minimum atomic E-state index is -3.88. The van der Waals surface area contributed by atoms with Gasteiger partial charge < -0.3 is 5.32 Å². The van der Waals surface area contributed by atoms with Crippen LogP contribution in [0.2, 0.25) is 0 Å². The molecule has 2 rings (SSSR count). The number of benzene rings is 2. The zero-order valence-corrected chi connectivity index (χ0v) is 23.0. The van der Waals surface area contributed by atoms with Gasteiger partial charge >= 0.3 is 0 Å². The molecule has 0 aromatic heterocycles. The van der Waals surface area contributed by atoms with Gasteiger partial charge in [0.25, 0.3) is 10.0 Å². The predicted molar refractivity (Wildman–Crippen MR) is 150 cm³/mol. The highest BCUT2D eigenvalue weighted by molar-refractivity contribution is 7.99. The van der Waals surface area contributed by atoms with E-state index < -0.39 is 10.0 Å². The Morgan fingerprint density at radius 3 is 2.22 bits per heavy atom. The maximum atomic E-state index is 13.1. The Morgan fingerprint density at radius 2 is 1.56 bits per heavy atom. The Labute approximate surface area is 219 Å². The van der Waals surface area contributed by atoms with Crippen molar-refractivity contribution in [2.75, 3.05) is 27.0 Å². The summed E-state index contributed by atoms with van der Waals surface area (Å²) >= 11 is 1.61. The van der Waals surface area contributed by atoms with Crippen LogP contribution in [0.1, 0.15) is 63.0 Å². The number of carbonyl (C=O) groups excluding carboxylic acids is 2. The number of hydrazine groups is 1. The number of amides is 2. The molecule has 4 N–H and O–H groups in total. The Bertz CT molecular complexity index is 1090. The number of anilines is 3. The molecule has 2 aromatic carbocycles. The molecule has 8 nitrogen and oxygen atoms in total. The largest absolute Gasteiger partial charge is 0.325 e. The number of aryl methyl sites for hydroxylation is 1. The van der Waals surface area contributed by atoms with Gasteiger partial charge in [-0.25, -0.2) is 8.42 Å². The van der Waals surface area contributed by atoms with Crippen molar-refractivity contribution in [3.8, 4) is 0 Å². The van der Waals surface area contributed by atoms with Crippen LogP contribution >= 0.6 is 11.8 Å². The summed E-state index contributed by atoms with van der Waals surface area (Å²) in [5.74, 6) is 1.14. The van der Waals surface area contributed by atoms with Gasteiger partial charge in [-0.05, 0) is 67.5 Å². The molecule has 2 amide bonds. The highest BCUT2D eigenvalue weighted by Crippen LogP contribution is 2.29. The molecule has 0 aliphatic carbocycles. The number of carbonyl (C=O) groups is 2. The monoisotopic (exact) mass is 534 g/mol. The third-order valence-electron chi connectivity index (χ3n) is 5.72. The number of nitrogens with one attached hydrogen (secondary N) is 4. The lowest BCUT2D eigenvalue weighted by Crippen LogP contribution is -2.19. The van der Waals surface area contributed by atoms with Crippen LogP contribution in [0.3, 0.4) is 0 Å². The highest BCUT2D eigenvalue weighted by Gasteiger charge is 2.21. The standard InChI is InChI=1S/C26H38N4O4S2/c1-4-5-6-7-8-9-10-17-35-18-25(32)28-26-20(2)11-16-24(21(26)3)36(33,34)30-23-14-12-22(13-15-23)29-27-19-31/h11-16,19,29-30H,4-10,17-18H2,1-3H3,(H,27,31)(H,28,32). The van der Waals surface area contributed by atoms with Crippen molar-refractivity contribution in [2.45, 2.75) is 70.6 Å². The van der Waals surface area contributed by atoms with E-state index in [4.69, 9.17) is 0 Å². The molecule has 0 aliphatic heterocycles. The van der Waals surface area contributed by atoms with Crippen LogP contribution in [-0.2, 0) is 19.6 Å². The number of thioether (sulfide) groups is 1. The molecular formula is C26H38N4O4S2. The second-order valence-electron chi connectivity index (χ2n) is 8.67. The van der Waals surface area contributed by atoms with Crippen molar-refractivity contribution in [1.82, 2.24) is 5.43 Å². The number of unbranched alkanes of at least 4 members (excludes halogenated alkanes) is 6. The van der Waals surface area contributed by atoms with Crippen LogP contribution < -0.4 is 20.9 Å². The van der Waals surface area contributed by atoms with E-state index in [1.165, 1.54) is 38.5 Å². The zero-order valence-electron chi connectivity index (χ0n) is 21.4. The predicted octanol–water partition coefficient (Wildman–Crippen LogP) is 5.60. The normalized spacial score (nSPS) is 11.1. The third-order valence-corrected chi connectivity index (χ3v) is 8.28. The minimum Gasteiger partial charge on any atom is -0.325 e. The molecule has 0 atom stereocenters.